The third-order valence-corrected chi connectivity index (χ3v) is 2.64. The first-order chi connectivity index (χ1) is 9.02. The lowest BCUT2D eigenvalue weighted by molar-refractivity contribution is -0.115. The maximum Gasteiger partial charge on any atom is 0.228 e. The van der Waals surface area contributed by atoms with Gasteiger partial charge in [-0.3, -0.25) is 4.79 Å². The predicted molar refractivity (Wildman–Crippen MR) is 71.9 cm³/mol. The molecule has 0 aliphatic heterocycles. The number of hydrogen-bond donors (Lipinski definition) is 2. The van der Waals surface area contributed by atoms with Gasteiger partial charge in [-0.15, -0.1) is 0 Å². The Balaban J connectivity index is 2.05. The summed E-state index contributed by atoms with van der Waals surface area (Å²) in [5, 5.41) is 12.1. The van der Waals surface area contributed by atoms with Crippen LogP contribution in [0.25, 0.3) is 0 Å². The van der Waals surface area contributed by atoms with Crippen molar-refractivity contribution in [3.05, 3.63) is 58.9 Å². The van der Waals surface area contributed by atoms with Gasteiger partial charge in [0, 0.05) is 10.7 Å². The van der Waals surface area contributed by atoms with Gasteiger partial charge in [0.1, 0.15) is 11.6 Å². The van der Waals surface area contributed by atoms with Crippen molar-refractivity contribution in [1.82, 2.24) is 0 Å². The first kappa shape index (κ1) is 13.4. The van der Waals surface area contributed by atoms with Gasteiger partial charge in [-0.05, 0) is 35.9 Å². The first-order valence-corrected chi connectivity index (χ1v) is 5.94. The van der Waals surface area contributed by atoms with Crippen LogP contribution in [0.4, 0.5) is 10.1 Å². The Morgan fingerprint density at radius 3 is 2.74 bits per heavy atom. The van der Waals surface area contributed by atoms with E-state index in [9.17, 15) is 14.3 Å². The number of rotatable bonds is 3. The SMILES string of the molecule is O=C(Cc1cccc(O)c1)Nc1cc(F)cc(Cl)c1. The second-order valence-corrected chi connectivity index (χ2v) is 4.49. The first-order valence-electron chi connectivity index (χ1n) is 5.57. The van der Waals surface area contributed by atoms with E-state index in [0.717, 1.165) is 6.07 Å². The molecule has 0 aromatic heterocycles. The molecule has 0 saturated carbocycles. The fourth-order valence-corrected chi connectivity index (χ4v) is 1.90. The molecule has 98 valence electrons. The standard InChI is InChI=1S/C14H11ClFNO2/c15-10-6-11(16)8-12(7-10)17-14(19)5-9-2-1-3-13(18)4-9/h1-4,6-8,18H,5H2,(H,17,19). The van der Waals surface area contributed by atoms with E-state index in [1.54, 1.807) is 12.1 Å². The Hall–Kier alpha value is -2.07. The van der Waals surface area contributed by atoms with E-state index in [0.29, 0.717) is 11.3 Å². The van der Waals surface area contributed by atoms with E-state index in [2.05, 4.69) is 5.32 Å². The summed E-state index contributed by atoms with van der Waals surface area (Å²) in [6, 6.07) is 10.2. The molecule has 0 unspecified atom stereocenters. The van der Waals surface area contributed by atoms with Gasteiger partial charge < -0.3 is 10.4 Å². The molecule has 0 radical (unpaired) electrons. The van der Waals surface area contributed by atoms with E-state index in [-0.39, 0.29) is 23.1 Å². The molecule has 0 heterocycles. The van der Waals surface area contributed by atoms with Crippen LogP contribution < -0.4 is 5.32 Å². The number of phenolic OH excluding ortho intramolecular Hbond substituents is 1. The zero-order valence-corrected chi connectivity index (χ0v) is 10.6. The lowest BCUT2D eigenvalue weighted by Crippen LogP contribution is -2.14. The average molecular weight is 280 g/mol. The van der Waals surface area contributed by atoms with Crippen molar-refractivity contribution < 1.29 is 14.3 Å². The van der Waals surface area contributed by atoms with Crippen LogP contribution in [-0.2, 0) is 11.2 Å². The number of hydrogen-bond acceptors (Lipinski definition) is 2. The summed E-state index contributed by atoms with van der Waals surface area (Å²) in [5.74, 6) is -0.730. The van der Waals surface area contributed by atoms with Crippen LogP contribution in [0.1, 0.15) is 5.56 Å². The fraction of sp³-hybridized carbons (Fsp3) is 0.0714. The van der Waals surface area contributed by atoms with E-state index in [1.165, 1.54) is 24.3 Å². The normalized spacial score (nSPS) is 10.2. The fourth-order valence-electron chi connectivity index (χ4n) is 1.68. The van der Waals surface area contributed by atoms with Gasteiger partial charge in [-0.1, -0.05) is 23.7 Å². The van der Waals surface area contributed by atoms with Crippen molar-refractivity contribution in [2.75, 3.05) is 5.32 Å². The highest BCUT2D eigenvalue weighted by Crippen LogP contribution is 2.18. The van der Waals surface area contributed by atoms with Gasteiger partial charge in [0.15, 0.2) is 0 Å². The monoisotopic (exact) mass is 279 g/mol. The van der Waals surface area contributed by atoms with Crippen LogP contribution in [0.2, 0.25) is 5.02 Å². The molecule has 0 aliphatic carbocycles. The summed E-state index contributed by atoms with van der Waals surface area (Å²) < 4.78 is 13.1. The van der Waals surface area contributed by atoms with Crippen LogP contribution >= 0.6 is 11.6 Å². The third-order valence-electron chi connectivity index (χ3n) is 2.42. The number of phenols is 1. The smallest absolute Gasteiger partial charge is 0.228 e. The highest BCUT2D eigenvalue weighted by Gasteiger charge is 2.06. The molecule has 5 heteroatoms. The lowest BCUT2D eigenvalue weighted by atomic mass is 10.1. The van der Waals surface area contributed by atoms with Crippen molar-refractivity contribution in [1.29, 1.82) is 0 Å². The minimum atomic E-state index is -0.514. The summed E-state index contributed by atoms with van der Waals surface area (Å²) in [5.41, 5.74) is 0.968. The molecule has 2 aromatic rings. The quantitative estimate of drug-likeness (QED) is 0.905. The molecule has 0 fully saturated rings. The minimum Gasteiger partial charge on any atom is -0.508 e. The number of benzene rings is 2. The van der Waals surface area contributed by atoms with E-state index in [4.69, 9.17) is 11.6 Å². The second kappa shape index (κ2) is 5.71. The summed E-state index contributed by atoms with van der Waals surface area (Å²) in [6.07, 6.45) is 0.0858. The Labute approximate surface area is 114 Å². The Morgan fingerprint density at radius 2 is 2.05 bits per heavy atom. The third kappa shape index (κ3) is 3.96. The van der Waals surface area contributed by atoms with Gasteiger partial charge >= 0.3 is 0 Å². The molecule has 0 saturated heterocycles. The summed E-state index contributed by atoms with van der Waals surface area (Å²) >= 11 is 5.69. The number of carbonyl (C=O) groups excluding carboxylic acids is 1. The van der Waals surface area contributed by atoms with E-state index in [1.807, 2.05) is 0 Å². The molecule has 2 rings (SSSR count). The van der Waals surface area contributed by atoms with Crippen molar-refractivity contribution in [2.45, 2.75) is 6.42 Å². The highest BCUT2D eigenvalue weighted by atomic mass is 35.5. The Morgan fingerprint density at radius 1 is 1.26 bits per heavy atom. The van der Waals surface area contributed by atoms with Crippen LogP contribution in [0, 0.1) is 5.82 Å². The number of aromatic hydroxyl groups is 1. The largest absolute Gasteiger partial charge is 0.508 e. The van der Waals surface area contributed by atoms with Gasteiger partial charge in [0.25, 0.3) is 0 Å². The Bertz CT molecular complexity index is 596. The zero-order chi connectivity index (χ0) is 13.8. The van der Waals surface area contributed by atoms with Gasteiger partial charge in [-0.2, -0.15) is 0 Å². The molecule has 0 bridgehead atoms. The molecule has 0 atom stereocenters. The average Bonchev–Trinajstić information content (AvgIpc) is 2.26. The van der Waals surface area contributed by atoms with Crippen molar-refractivity contribution in [3.8, 4) is 5.75 Å². The molecule has 2 aromatic carbocycles. The van der Waals surface area contributed by atoms with Gasteiger partial charge in [0.2, 0.25) is 5.91 Å². The van der Waals surface area contributed by atoms with Crippen LogP contribution in [-0.4, -0.2) is 11.0 Å². The van der Waals surface area contributed by atoms with Crippen molar-refractivity contribution in [2.24, 2.45) is 0 Å². The van der Waals surface area contributed by atoms with Crippen molar-refractivity contribution >= 4 is 23.2 Å². The maximum absolute atomic E-state index is 13.1. The van der Waals surface area contributed by atoms with E-state index >= 15 is 0 Å². The number of nitrogens with one attached hydrogen (secondary N) is 1. The summed E-state index contributed by atoms with van der Waals surface area (Å²) in [7, 11) is 0. The zero-order valence-electron chi connectivity index (χ0n) is 9.86. The summed E-state index contributed by atoms with van der Waals surface area (Å²) in [6.45, 7) is 0. The minimum absolute atomic E-state index is 0.0858. The number of amides is 1. The number of carbonyl (C=O) groups is 1. The van der Waals surface area contributed by atoms with Gasteiger partial charge in [-0.25, -0.2) is 4.39 Å². The number of anilines is 1. The molecule has 0 spiro atoms. The van der Waals surface area contributed by atoms with E-state index < -0.39 is 5.82 Å². The van der Waals surface area contributed by atoms with Crippen LogP contribution in [0.5, 0.6) is 5.75 Å². The maximum atomic E-state index is 13.1. The molecular weight excluding hydrogens is 269 g/mol. The van der Waals surface area contributed by atoms with Crippen LogP contribution in [0.15, 0.2) is 42.5 Å². The molecule has 2 N–H and O–H groups in total. The lowest BCUT2D eigenvalue weighted by Gasteiger charge is -2.06. The topological polar surface area (TPSA) is 49.3 Å². The molecule has 3 nitrogen and oxygen atoms in total. The predicted octanol–water partition coefficient (Wildman–Crippen LogP) is 3.37. The van der Waals surface area contributed by atoms with Gasteiger partial charge in [0.05, 0.1) is 6.42 Å². The second-order valence-electron chi connectivity index (χ2n) is 4.05. The molecule has 19 heavy (non-hydrogen) atoms. The Kier molecular flexibility index (Phi) is 4.02. The summed E-state index contributed by atoms with van der Waals surface area (Å²) in [4.78, 5) is 11.8. The number of halogens is 2. The van der Waals surface area contributed by atoms with Crippen molar-refractivity contribution in [3.63, 3.8) is 0 Å². The van der Waals surface area contributed by atoms with Crippen LogP contribution in [0.3, 0.4) is 0 Å². The molecular formula is C14H11ClFNO2. The highest BCUT2D eigenvalue weighted by molar-refractivity contribution is 6.30. The molecule has 0 aliphatic rings. The molecule has 1 amide bonds.